The molecule has 114 valence electrons. The highest BCUT2D eigenvalue weighted by atomic mass is 35.5. The molecule has 0 fully saturated rings. The topological polar surface area (TPSA) is 49.4 Å². The molecule has 0 aliphatic heterocycles. The maximum absolute atomic E-state index is 13.0. The summed E-state index contributed by atoms with van der Waals surface area (Å²) >= 11 is 5.96. The lowest BCUT2D eigenvalue weighted by Crippen LogP contribution is -2.35. The van der Waals surface area contributed by atoms with Gasteiger partial charge in [-0.3, -0.25) is 9.59 Å². The average Bonchev–Trinajstić information content (AvgIpc) is 2.46. The van der Waals surface area contributed by atoms with Crippen molar-refractivity contribution < 1.29 is 14.0 Å². The summed E-state index contributed by atoms with van der Waals surface area (Å²) in [5, 5.41) is 2.85. The van der Waals surface area contributed by atoms with Crippen molar-refractivity contribution >= 4 is 29.1 Å². The van der Waals surface area contributed by atoms with Gasteiger partial charge < -0.3 is 10.2 Å². The van der Waals surface area contributed by atoms with Crippen molar-refractivity contribution in [1.82, 2.24) is 4.90 Å². The van der Waals surface area contributed by atoms with Crippen molar-refractivity contribution in [1.29, 1.82) is 0 Å². The third kappa shape index (κ3) is 4.05. The smallest absolute Gasteiger partial charge is 0.255 e. The molecule has 0 aliphatic rings. The second-order valence-corrected chi connectivity index (χ2v) is 5.11. The number of hydrogen-bond acceptors (Lipinski definition) is 2. The van der Waals surface area contributed by atoms with Crippen molar-refractivity contribution in [3.8, 4) is 0 Å². The van der Waals surface area contributed by atoms with Crippen LogP contribution in [0.1, 0.15) is 10.4 Å². The van der Waals surface area contributed by atoms with E-state index in [1.54, 1.807) is 30.3 Å². The number of carbonyl (C=O) groups excluding carboxylic acids is 2. The maximum Gasteiger partial charge on any atom is 0.255 e. The molecule has 0 radical (unpaired) electrons. The molecule has 1 N–H and O–H groups in total. The molecule has 2 aromatic carbocycles. The molecular weight excluding hydrogens is 307 g/mol. The molecular formula is C16H14ClFN2O2. The van der Waals surface area contributed by atoms with E-state index in [0.29, 0.717) is 16.3 Å². The van der Waals surface area contributed by atoms with Crippen molar-refractivity contribution in [3.05, 3.63) is 64.9 Å². The molecule has 0 heterocycles. The van der Waals surface area contributed by atoms with Crippen molar-refractivity contribution in [2.24, 2.45) is 0 Å². The van der Waals surface area contributed by atoms with E-state index in [1.165, 1.54) is 30.1 Å². The summed E-state index contributed by atoms with van der Waals surface area (Å²) in [6, 6.07) is 12.1. The van der Waals surface area contributed by atoms with Crippen LogP contribution in [0.5, 0.6) is 0 Å². The lowest BCUT2D eigenvalue weighted by Gasteiger charge is -2.17. The number of nitrogens with zero attached hydrogens (tertiary/aromatic N) is 1. The Morgan fingerprint density at radius 1 is 1.18 bits per heavy atom. The Morgan fingerprint density at radius 3 is 2.59 bits per heavy atom. The molecule has 0 spiro atoms. The van der Waals surface area contributed by atoms with Gasteiger partial charge in [0.05, 0.1) is 17.1 Å². The van der Waals surface area contributed by atoms with E-state index in [2.05, 4.69) is 5.32 Å². The summed E-state index contributed by atoms with van der Waals surface area (Å²) in [4.78, 5) is 25.3. The fourth-order valence-electron chi connectivity index (χ4n) is 1.89. The van der Waals surface area contributed by atoms with Gasteiger partial charge in [-0.25, -0.2) is 4.39 Å². The van der Waals surface area contributed by atoms with Crippen LogP contribution < -0.4 is 5.32 Å². The first kappa shape index (κ1) is 16.0. The highest BCUT2D eigenvalue weighted by Gasteiger charge is 2.17. The lowest BCUT2D eigenvalue weighted by atomic mass is 10.2. The lowest BCUT2D eigenvalue weighted by molar-refractivity contribution is -0.116. The Kier molecular flexibility index (Phi) is 5.12. The van der Waals surface area contributed by atoms with Gasteiger partial charge in [0.2, 0.25) is 5.91 Å². The van der Waals surface area contributed by atoms with Gasteiger partial charge >= 0.3 is 0 Å². The molecule has 2 rings (SSSR count). The van der Waals surface area contributed by atoms with Gasteiger partial charge in [0.15, 0.2) is 0 Å². The highest BCUT2D eigenvalue weighted by Crippen LogP contribution is 2.16. The van der Waals surface area contributed by atoms with Crippen LogP contribution in [0.25, 0.3) is 0 Å². The quantitative estimate of drug-likeness (QED) is 0.940. The van der Waals surface area contributed by atoms with Gasteiger partial charge in [-0.1, -0.05) is 29.8 Å². The summed E-state index contributed by atoms with van der Waals surface area (Å²) in [6.45, 7) is -0.166. The third-order valence-electron chi connectivity index (χ3n) is 2.94. The predicted octanol–water partition coefficient (Wildman–Crippen LogP) is 3.19. The SMILES string of the molecule is CN(CC(=O)Nc1cccc(F)c1)C(=O)c1ccccc1Cl. The van der Waals surface area contributed by atoms with E-state index >= 15 is 0 Å². The zero-order chi connectivity index (χ0) is 16.1. The van der Waals surface area contributed by atoms with Crippen LogP contribution in [0.15, 0.2) is 48.5 Å². The van der Waals surface area contributed by atoms with Crippen molar-refractivity contribution in [3.63, 3.8) is 0 Å². The van der Waals surface area contributed by atoms with Crippen LogP contribution in [0.4, 0.5) is 10.1 Å². The number of nitrogens with one attached hydrogen (secondary N) is 1. The number of carbonyl (C=O) groups is 2. The van der Waals surface area contributed by atoms with Crippen molar-refractivity contribution in [2.45, 2.75) is 0 Å². The Hall–Kier alpha value is -2.40. The van der Waals surface area contributed by atoms with E-state index in [9.17, 15) is 14.0 Å². The third-order valence-corrected chi connectivity index (χ3v) is 3.27. The number of benzene rings is 2. The van der Waals surface area contributed by atoms with Gasteiger partial charge in [-0.2, -0.15) is 0 Å². The monoisotopic (exact) mass is 320 g/mol. The van der Waals surface area contributed by atoms with Crippen LogP contribution in [0.2, 0.25) is 5.02 Å². The molecule has 0 saturated carbocycles. The Morgan fingerprint density at radius 2 is 1.91 bits per heavy atom. The van der Waals surface area contributed by atoms with Crippen molar-refractivity contribution in [2.75, 3.05) is 18.9 Å². The van der Waals surface area contributed by atoms with Gasteiger partial charge in [0.25, 0.3) is 5.91 Å². The molecule has 0 atom stereocenters. The molecule has 0 saturated heterocycles. The fraction of sp³-hybridized carbons (Fsp3) is 0.125. The molecule has 0 unspecified atom stereocenters. The minimum atomic E-state index is -0.446. The van der Waals surface area contributed by atoms with Gasteiger partial charge in [-0.05, 0) is 30.3 Å². The van der Waals surface area contributed by atoms with Gasteiger partial charge in [0.1, 0.15) is 5.82 Å². The van der Waals surface area contributed by atoms with E-state index in [1.807, 2.05) is 0 Å². The largest absolute Gasteiger partial charge is 0.332 e. The zero-order valence-electron chi connectivity index (χ0n) is 11.8. The first-order chi connectivity index (χ1) is 10.5. The summed E-state index contributed by atoms with van der Waals surface area (Å²) in [6.07, 6.45) is 0. The van der Waals surface area contributed by atoms with E-state index < -0.39 is 11.7 Å². The summed E-state index contributed by atoms with van der Waals surface area (Å²) in [5.41, 5.74) is 0.661. The first-order valence-electron chi connectivity index (χ1n) is 6.53. The van der Waals surface area contributed by atoms with E-state index in [4.69, 9.17) is 11.6 Å². The highest BCUT2D eigenvalue weighted by molar-refractivity contribution is 6.33. The van der Waals surface area contributed by atoms with E-state index in [0.717, 1.165) is 0 Å². The predicted molar refractivity (Wildman–Crippen MR) is 83.4 cm³/mol. The molecule has 0 bridgehead atoms. The number of hydrogen-bond donors (Lipinski definition) is 1. The minimum absolute atomic E-state index is 0.166. The molecule has 2 amide bonds. The van der Waals surface area contributed by atoms with Crippen LogP contribution in [-0.2, 0) is 4.79 Å². The molecule has 6 heteroatoms. The summed E-state index contributed by atoms with van der Waals surface area (Å²) in [7, 11) is 1.50. The number of halogens is 2. The van der Waals surface area contributed by atoms with Gasteiger partial charge in [-0.15, -0.1) is 0 Å². The average molecular weight is 321 g/mol. The Bertz CT molecular complexity index is 706. The summed E-state index contributed by atoms with van der Waals surface area (Å²) < 4.78 is 13.0. The summed E-state index contributed by atoms with van der Waals surface area (Å²) in [5.74, 6) is -1.23. The molecule has 0 aromatic heterocycles. The molecule has 2 aromatic rings. The second kappa shape index (κ2) is 7.04. The number of amides is 2. The Balaban J connectivity index is 1.99. The van der Waals surface area contributed by atoms with E-state index in [-0.39, 0.29) is 12.5 Å². The normalized spacial score (nSPS) is 10.1. The van der Waals surface area contributed by atoms with Crippen LogP contribution in [-0.4, -0.2) is 30.3 Å². The zero-order valence-corrected chi connectivity index (χ0v) is 12.6. The van der Waals surface area contributed by atoms with Crippen LogP contribution in [0.3, 0.4) is 0 Å². The minimum Gasteiger partial charge on any atom is -0.332 e. The van der Waals surface area contributed by atoms with Crippen LogP contribution in [0, 0.1) is 5.82 Å². The first-order valence-corrected chi connectivity index (χ1v) is 6.90. The molecule has 0 aliphatic carbocycles. The standard InChI is InChI=1S/C16H14ClFN2O2/c1-20(16(22)13-7-2-3-8-14(13)17)10-15(21)19-12-6-4-5-11(18)9-12/h2-9H,10H2,1H3,(H,19,21). The van der Waals surface area contributed by atoms with Gasteiger partial charge in [0, 0.05) is 12.7 Å². The molecule has 22 heavy (non-hydrogen) atoms. The second-order valence-electron chi connectivity index (χ2n) is 4.70. The molecule has 4 nitrogen and oxygen atoms in total. The Labute approximate surface area is 132 Å². The number of anilines is 1. The number of likely N-dealkylation sites (N-methyl/N-ethyl adjacent to an activating group) is 1. The fourth-order valence-corrected chi connectivity index (χ4v) is 2.11. The number of rotatable bonds is 4. The maximum atomic E-state index is 13.0. The van der Waals surface area contributed by atoms with Crippen LogP contribution >= 0.6 is 11.6 Å².